The quantitative estimate of drug-likeness (QED) is 0.475. The van der Waals surface area contributed by atoms with Crippen molar-refractivity contribution in [3.63, 3.8) is 0 Å². The Bertz CT molecular complexity index is 68.6. The van der Waals surface area contributed by atoms with E-state index < -0.39 is 0 Å². The Labute approximate surface area is 50.0 Å². The van der Waals surface area contributed by atoms with E-state index in [4.69, 9.17) is 0 Å². The normalized spacial score (nSPS) is 25.0. The van der Waals surface area contributed by atoms with E-state index in [1.807, 2.05) is 6.20 Å². The molecule has 0 unspecified atom stereocenters. The molecule has 8 heavy (non-hydrogen) atoms. The van der Waals surface area contributed by atoms with Crippen LogP contribution in [0.15, 0.2) is 12.3 Å². The molecular formula is C6H12N2. The van der Waals surface area contributed by atoms with Crippen LogP contribution < -0.4 is 10.6 Å². The summed E-state index contributed by atoms with van der Waals surface area (Å²) in [5.74, 6) is 0. The SMILES string of the molecule is C1=C\NCNCCC/1. The Morgan fingerprint density at radius 3 is 3.38 bits per heavy atom. The standard InChI is InChI=1S/C6H12N2/c1-2-4-7-6-8-5-3-1/h2,4,7-8H,1,3,5-6H2/b4-2-. The summed E-state index contributed by atoms with van der Waals surface area (Å²) in [6.07, 6.45) is 6.63. The van der Waals surface area contributed by atoms with Gasteiger partial charge in [0.2, 0.25) is 0 Å². The van der Waals surface area contributed by atoms with Crippen molar-refractivity contribution in [3.8, 4) is 0 Å². The van der Waals surface area contributed by atoms with E-state index >= 15 is 0 Å². The van der Waals surface area contributed by atoms with Gasteiger partial charge in [0, 0.05) is 0 Å². The molecule has 0 saturated heterocycles. The maximum Gasteiger partial charge on any atom is 0.0647 e. The first kappa shape index (κ1) is 5.63. The van der Waals surface area contributed by atoms with E-state index in [1.165, 1.54) is 12.8 Å². The smallest absolute Gasteiger partial charge is 0.0647 e. The van der Waals surface area contributed by atoms with Crippen LogP contribution in [-0.2, 0) is 0 Å². The summed E-state index contributed by atoms with van der Waals surface area (Å²) < 4.78 is 0. The summed E-state index contributed by atoms with van der Waals surface area (Å²) in [6, 6.07) is 0. The highest BCUT2D eigenvalue weighted by Gasteiger charge is 1.86. The van der Waals surface area contributed by atoms with Crippen LogP contribution in [0.5, 0.6) is 0 Å². The zero-order valence-corrected chi connectivity index (χ0v) is 4.98. The van der Waals surface area contributed by atoms with Gasteiger partial charge >= 0.3 is 0 Å². The third-order valence-electron chi connectivity index (χ3n) is 1.19. The average Bonchev–Trinajstić information content (AvgIpc) is 1.62. The van der Waals surface area contributed by atoms with Crippen LogP contribution in [0.3, 0.4) is 0 Å². The van der Waals surface area contributed by atoms with Crippen molar-refractivity contribution in [3.05, 3.63) is 12.3 Å². The van der Waals surface area contributed by atoms with Crippen molar-refractivity contribution in [2.24, 2.45) is 0 Å². The molecule has 0 aromatic carbocycles. The summed E-state index contributed by atoms with van der Waals surface area (Å²) in [7, 11) is 0. The molecule has 0 aromatic heterocycles. The molecule has 1 rings (SSSR count). The van der Waals surface area contributed by atoms with Crippen molar-refractivity contribution >= 4 is 0 Å². The van der Waals surface area contributed by atoms with E-state index in [9.17, 15) is 0 Å². The summed E-state index contributed by atoms with van der Waals surface area (Å²) in [5, 5.41) is 6.32. The van der Waals surface area contributed by atoms with Gasteiger partial charge in [-0.05, 0) is 25.6 Å². The number of rotatable bonds is 0. The lowest BCUT2D eigenvalue weighted by molar-refractivity contribution is 0.610. The number of hydrogen-bond donors (Lipinski definition) is 2. The Hall–Kier alpha value is -0.500. The van der Waals surface area contributed by atoms with Crippen LogP contribution in [0.25, 0.3) is 0 Å². The van der Waals surface area contributed by atoms with E-state index in [0.717, 1.165) is 13.2 Å². The van der Waals surface area contributed by atoms with Gasteiger partial charge in [0.05, 0.1) is 6.67 Å². The van der Waals surface area contributed by atoms with Gasteiger partial charge in [0.1, 0.15) is 0 Å². The number of allylic oxidation sites excluding steroid dienone is 1. The Balaban J connectivity index is 2.17. The van der Waals surface area contributed by atoms with Gasteiger partial charge in [-0.25, -0.2) is 0 Å². The third-order valence-corrected chi connectivity index (χ3v) is 1.19. The van der Waals surface area contributed by atoms with E-state index in [-0.39, 0.29) is 0 Å². The first-order valence-corrected chi connectivity index (χ1v) is 3.09. The zero-order chi connectivity index (χ0) is 5.66. The van der Waals surface area contributed by atoms with Gasteiger partial charge in [0.25, 0.3) is 0 Å². The van der Waals surface area contributed by atoms with Crippen molar-refractivity contribution in [2.45, 2.75) is 12.8 Å². The molecule has 1 aliphatic rings. The van der Waals surface area contributed by atoms with Crippen molar-refractivity contribution in [1.29, 1.82) is 0 Å². The van der Waals surface area contributed by atoms with Crippen LogP contribution in [-0.4, -0.2) is 13.2 Å². The first-order chi connectivity index (χ1) is 4.00. The highest BCUT2D eigenvalue weighted by atomic mass is 15.0. The summed E-state index contributed by atoms with van der Waals surface area (Å²) in [4.78, 5) is 0. The van der Waals surface area contributed by atoms with Gasteiger partial charge in [-0.15, -0.1) is 0 Å². The molecule has 1 heterocycles. The Kier molecular flexibility index (Phi) is 2.46. The molecule has 0 saturated carbocycles. The van der Waals surface area contributed by atoms with E-state index in [1.54, 1.807) is 0 Å². The van der Waals surface area contributed by atoms with Gasteiger partial charge in [-0.1, -0.05) is 6.08 Å². The molecule has 2 heteroatoms. The molecule has 0 fully saturated rings. The minimum absolute atomic E-state index is 0.913. The minimum Gasteiger partial charge on any atom is -0.379 e. The second-order valence-electron chi connectivity index (χ2n) is 1.93. The monoisotopic (exact) mass is 112 g/mol. The second kappa shape index (κ2) is 3.50. The molecule has 0 bridgehead atoms. The molecular weight excluding hydrogens is 100 g/mol. The van der Waals surface area contributed by atoms with Crippen LogP contribution in [0.2, 0.25) is 0 Å². The van der Waals surface area contributed by atoms with Gasteiger partial charge < -0.3 is 10.6 Å². The third kappa shape index (κ3) is 1.98. The topological polar surface area (TPSA) is 24.1 Å². The minimum atomic E-state index is 0.913. The highest BCUT2D eigenvalue weighted by molar-refractivity contribution is 4.80. The molecule has 2 nitrogen and oxygen atoms in total. The fourth-order valence-electron chi connectivity index (χ4n) is 0.731. The lowest BCUT2D eigenvalue weighted by atomic mass is 10.3. The molecule has 0 amide bonds. The molecule has 0 atom stereocenters. The molecule has 2 N–H and O–H groups in total. The Morgan fingerprint density at radius 1 is 1.38 bits per heavy atom. The fraction of sp³-hybridized carbons (Fsp3) is 0.667. The molecule has 46 valence electrons. The predicted octanol–water partition coefficient (Wildman–Crippen LogP) is 0.431. The summed E-state index contributed by atoms with van der Waals surface area (Å²) >= 11 is 0. The number of hydrogen-bond acceptors (Lipinski definition) is 2. The van der Waals surface area contributed by atoms with Gasteiger partial charge in [-0.3, -0.25) is 0 Å². The van der Waals surface area contributed by atoms with Crippen LogP contribution in [0, 0.1) is 0 Å². The van der Waals surface area contributed by atoms with Crippen molar-refractivity contribution < 1.29 is 0 Å². The maximum atomic E-state index is 3.22. The van der Waals surface area contributed by atoms with Crippen LogP contribution >= 0.6 is 0 Å². The average molecular weight is 112 g/mol. The molecule has 0 radical (unpaired) electrons. The lowest BCUT2D eigenvalue weighted by Gasteiger charge is -2.05. The molecule has 0 spiro atoms. The molecule has 0 aromatic rings. The van der Waals surface area contributed by atoms with Crippen molar-refractivity contribution in [2.75, 3.05) is 13.2 Å². The molecule has 0 aliphatic carbocycles. The van der Waals surface area contributed by atoms with E-state index in [2.05, 4.69) is 16.7 Å². The summed E-state index contributed by atoms with van der Waals surface area (Å²) in [5.41, 5.74) is 0. The van der Waals surface area contributed by atoms with E-state index in [0.29, 0.717) is 0 Å². The largest absolute Gasteiger partial charge is 0.379 e. The first-order valence-electron chi connectivity index (χ1n) is 3.09. The lowest BCUT2D eigenvalue weighted by Crippen LogP contribution is -2.27. The second-order valence-corrected chi connectivity index (χ2v) is 1.93. The maximum absolute atomic E-state index is 3.22. The Morgan fingerprint density at radius 2 is 2.38 bits per heavy atom. The van der Waals surface area contributed by atoms with Crippen LogP contribution in [0.4, 0.5) is 0 Å². The summed E-state index contributed by atoms with van der Waals surface area (Å²) in [6.45, 7) is 2.05. The zero-order valence-electron chi connectivity index (χ0n) is 4.98. The van der Waals surface area contributed by atoms with Crippen LogP contribution in [0.1, 0.15) is 12.8 Å². The van der Waals surface area contributed by atoms with Crippen molar-refractivity contribution in [1.82, 2.24) is 10.6 Å². The van der Waals surface area contributed by atoms with Gasteiger partial charge in [-0.2, -0.15) is 0 Å². The predicted molar refractivity (Wildman–Crippen MR) is 34.4 cm³/mol. The highest BCUT2D eigenvalue weighted by Crippen LogP contribution is 1.88. The number of nitrogens with one attached hydrogen (secondary N) is 2. The molecule has 1 aliphatic heterocycles. The fourth-order valence-corrected chi connectivity index (χ4v) is 0.731. The van der Waals surface area contributed by atoms with Gasteiger partial charge in [0.15, 0.2) is 0 Å².